The van der Waals surface area contributed by atoms with Crippen LogP contribution in [-0.2, 0) is 22.8 Å². The number of alkyl halides is 2. The van der Waals surface area contributed by atoms with E-state index in [1.165, 1.54) is 24.3 Å². The van der Waals surface area contributed by atoms with Gasteiger partial charge in [-0.25, -0.2) is 8.42 Å². The molecular formula is C15H18F2N4O2S. The fraction of sp³-hybridized carbons (Fsp3) is 0.467. The summed E-state index contributed by atoms with van der Waals surface area (Å²) in [5.41, 5.74) is 0.629. The van der Waals surface area contributed by atoms with Crippen molar-refractivity contribution in [3.63, 3.8) is 0 Å². The molecule has 6 nitrogen and oxygen atoms in total. The third kappa shape index (κ3) is 3.12. The summed E-state index contributed by atoms with van der Waals surface area (Å²) in [5, 5.41) is 11.6. The molecule has 0 radical (unpaired) electrons. The molecule has 0 amide bonds. The Bertz CT molecular complexity index is 818. The maximum absolute atomic E-state index is 12.5. The fourth-order valence-electron chi connectivity index (χ4n) is 2.81. The Morgan fingerprint density at radius 1 is 1.17 bits per heavy atom. The molecule has 0 saturated heterocycles. The van der Waals surface area contributed by atoms with Crippen molar-refractivity contribution in [3.8, 4) is 0 Å². The van der Waals surface area contributed by atoms with Crippen LogP contribution in [0.3, 0.4) is 0 Å². The van der Waals surface area contributed by atoms with Crippen molar-refractivity contribution < 1.29 is 17.2 Å². The monoisotopic (exact) mass is 356 g/mol. The number of fused-ring (bicyclic) bond motifs is 1. The maximum atomic E-state index is 12.5. The molecule has 0 aliphatic carbocycles. The lowest BCUT2D eigenvalue weighted by Crippen LogP contribution is -2.18. The molecule has 1 N–H and O–H groups in total. The molecule has 24 heavy (non-hydrogen) atoms. The summed E-state index contributed by atoms with van der Waals surface area (Å²) in [5.74, 6) is -1.63. The normalized spacial score (nSPS) is 16.0. The standard InChI is InChI=1S/C15H18F2N4O2S/c1-10(14-20-19-13-4-2-3-9-21(13)14)18-11-5-7-12(8-6-11)24(22,23)15(16)17/h5-8,10,15,18H,2-4,9H2,1H3. The van der Waals surface area contributed by atoms with Crippen LogP contribution in [0, 0.1) is 0 Å². The third-order valence-electron chi connectivity index (χ3n) is 4.08. The van der Waals surface area contributed by atoms with Gasteiger partial charge in [0, 0.05) is 18.7 Å². The van der Waals surface area contributed by atoms with Crippen molar-refractivity contribution in [3.05, 3.63) is 35.9 Å². The first-order valence-electron chi connectivity index (χ1n) is 7.70. The number of aromatic nitrogens is 3. The number of aryl methyl sites for hydroxylation is 1. The number of hydrogen-bond donors (Lipinski definition) is 1. The first-order valence-corrected chi connectivity index (χ1v) is 9.25. The molecule has 2 aromatic rings. The van der Waals surface area contributed by atoms with Crippen LogP contribution < -0.4 is 5.32 Å². The van der Waals surface area contributed by atoms with Crippen molar-refractivity contribution in [2.24, 2.45) is 0 Å². The molecule has 1 aromatic heterocycles. The minimum atomic E-state index is -4.56. The number of sulfone groups is 1. The molecule has 0 spiro atoms. The maximum Gasteiger partial charge on any atom is 0.341 e. The number of rotatable bonds is 5. The third-order valence-corrected chi connectivity index (χ3v) is 5.47. The number of hydrogen-bond acceptors (Lipinski definition) is 5. The summed E-state index contributed by atoms with van der Waals surface area (Å²) in [6.07, 6.45) is 3.12. The highest BCUT2D eigenvalue weighted by Crippen LogP contribution is 2.24. The molecule has 1 atom stereocenters. The van der Waals surface area contributed by atoms with E-state index < -0.39 is 20.5 Å². The quantitative estimate of drug-likeness (QED) is 0.891. The summed E-state index contributed by atoms with van der Waals surface area (Å²) in [6.45, 7) is 2.81. The van der Waals surface area contributed by atoms with Gasteiger partial charge < -0.3 is 9.88 Å². The van der Waals surface area contributed by atoms with Gasteiger partial charge in [0.05, 0.1) is 10.9 Å². The number of nitrogens with one attached hydrogen (secondary N) is 1. The molecule has 1 unspecified atom stereocenters. The van der Waals surface area contributed by atoms with Crippen LogP contribution in [0.5, 0.6) is 0 Å². The second kappa shape index (κ2) is 6.46. The number of nitrogens with zero attached hydrogens (tertiary/aromatic N) is 3. The molecule has 0 bridgehead atoms. The Hall–Kier alpha value is -2.03. The van der Waals surface area contributed by atoms with Gasteiger partial charge in [-0.05, 0) is 44.0 Å². The van der Waals surface area contributed by atoms with Crippen LogP contribution in [-0.4, -0.2) is 28.9 Å². The largest absolute Gasteiger partial charge is 0.375 e. The van der Waals surface area contributed by atoms with Crippen LogP contribution in [0.1, 0.15) is 37.5 Å². The molecule has 3 rings (SSSR count). The molecule has 130 valence electrons. The lowest BCUT2D eigenvalue weighted by atomic mass is 10.1. The van der Waals surface area contributed by atoms with Crippen molar-refractivity contribution in [1.82, 2.24) is 14.8 Å². The smallest absolute Gasteiger partial charge is 0.341 e. The minimum Gasteiger partial charge on any atom is -0.375 e. The predicted molar refractivity (Wildman–Crippen MR) is 84.6 cm³/mol. The molecule has 9 heteroatoms. The van der Waals surface area contributed by atoms with Crippen LogP contribution >= 0.6 is 0 Å². The van der Waals surface area contributed by atoms with Gasteiger partial charge in [-0.3, -0.25) is 0 Å². The predicted octanol–water partition coefficient (Wildman–Crippen LogP) is 2.78. The van der Waals surface area contributed by atoms with Crippen molar-refractivity contribution in [2.45, 2.75) is 49.4 Å². The van der Waals surface area contributed by atoms with Gasteiger partial charge in [-0.15, -0.1) is 10.2 Å². The highest BCUT2D eigenvalue weighted by molar-refractivity contribution is 7.91. The summed E-state index contributed by atoms with van der Waals surface area (Å²) < 4.78 is 50.0. The van der Waals surface area contributed by atoms with E-state index in [-0.39, 0.29) is 6.04 Å². The first-order chi connectivity index (χ1) is 11.4. The van der Waals surface area contributed by atoms with Crippen molar-refractivity contribution in [1.29, 1.82) is 0 Å². The fourth-order valence-corrected chi connectivity index (χ4v) is 3.53. The Labute approximate surface area is 138 Å². The van der Waals surface area contributed by atoms with Gasteiger partial charge in [0.2, 0.25) is 9.84 Å². The highest BCUT2D eigenvalue weighted by atomic mass is 32.2. The molecule has 1 aromatic carbocycles. The van der Waals surface area contributed by atoms with Gasteiger partial charge >= 0.3 is 5.76 Å². The van der Waals surface area contributed by atoms with Crippen LogP contribution in [0.2, 0.25) is 0 Å². The van der Waals surface area contributed by atoms with E-state index >= 15 is 0 Å². The highest BCUT2D eigenvalue weighted by Gasteiger charge is 2.26. The Morgan fingerprint density at radius 3 is 2.54 bits per heavy atom. The summed E-state index contributed by atoms with van der Waals surface area (Å²) in [7, 11) is -4.56. The van der Waals surface area contributed by atoms with Crippen LogP contribution in [0.25, 0.3) is 0 Å². The van der Waals surface area contributed by atoms with Gasteiger partial charge in [-0.2, -0.15) is 8.78 Å². The average Bonchev–Trinajstić information content (AvgIpc) is 2.99. The van der Waals surface area contributed by atoms with Gasteiger partial charge in [0.25, 0.3) is 0 Å². The summed E-state index contributed by atoms with van der Waals surface area (Å²) >= 11 is 0. The van der Waals surface area contributed by atoms with Crippen LogP contribution in [0.4, 0.5) is 14.5 Å². The average molecular weight is 356 g/mol. The zero-order chi connectivity index (χ0) is 17.3. The number of benzene rings is 1. The summed E-state index contributed by atoms with van der Waals surface area (Å²) in [6, 6.07) is 5.16. The zero-order valence-corrected chi connectivity index (χ0v) is 13.9. The van der Waals surface area contributed by atoms with E-state index in [1.54, 1.807) is 0 Å². The van der Waals surface area contributed by atoms with Crippen molar-refractivity contribution in [2.75, 3.05) is 5.32 Å². The van der Waals surface area contributed by atoms with E-state index in [2.05, 4.69) is 20.1 Å². The molecule has 0 fully saturated rings. The van der Waals surface area contributed by atoms with E-state index in [0.29, 0.717) is 5.69 Å². The molecule has 1 aliphatic heterocycles. The Morgan fingerprint density at radius 2 is 1.88 bits per heavy atom. The van der Waals surface area contributed by atoms with Gasteiger partial charge in [0.1, 0.15) is 5.82 Å². The number of halogens is 2. The number of anilines is 1. The lowest BCUT2D eigenvalue weighted by molar-refractivity contribution is 0.234. The zero-order valence-electron chi connectivity index (χ0n) is 13.1. The topological polar surface area (TPSA) is 76.9 Å². The minimum absolute atomic E-state index is 0.137. The van der Waals surface area contributed by atoms with Gasteiger partial charge in [-0.1, -0.05) is 0 Å². The van der Waals surface area contributed by atoms with E-state index in [0.717, 1.165) is 37.5 Å². The van der Waals surface area contributed by atoms with E-state index in [9.17, 15) is 17.2 Å². The first kappa shape index (κ1) is 16.8. The molecule has 0 saturated carbocycles. The lowest BCUT2D eigenvalue weighted by Gasteiger charge is -2.19. The molecular weight excluding hydrogens is 338 g/mol. The Kier molecular flexibility index (Phi) is 4.53. The summed E-state index contributed by atoms with van der Waals surface area (Å²) in [4.78, 5) is -0.393. The second-order valence-corrected chi connectivity index (χ2v) is 7.70. The van der Waals surface area contributed by atoms with Crippen molar-refractivity contribution >= 4 is 15.5 Å². The van der Waals surface area contributed by atoms with Crippen LogP contribution in [0.15, 0.2) is 29.2 Å². The SMILES string of the molecule is CC(Nc1ccc(S(=O)(=O)C(F)F)cc1)c1nnc2n1CCCC2. The Balaban J connectivity index is 1.76. The molecule has 1 aliphatic rings. The van der Waals surface area contributed by atoms with E-state index in [1.807, 2.05) is 6.92 Å². The molecule has 2 heterocycles. The van der Waals surface area contributed by atoms with E-state index in [4.69, 9.17) is 0 Å². The second-order valence-electron chi connectivity index (χ2n) is 5.78. The van der Waals surface area contributed by atoms with Gasteiger partial charge in [0.15, 0.2) is 5.82 Å².